The SMILES string of the molecule is CC(C)n1c(-c2ccc(C(N)=O)cc2)nc2c(NCCCN3CCCC3=O)ncnc21. The number of fused-ring (bicyclic) bond motifs is 1. The molecule has 0 unspecified atom stereocenters. The highest BCUT2D eigenvalue weighted by Gasteiger charge is 2.21. The van der Waals surface area contributed by atoms with Crippen molar-refractivity contribution in [3.05, 3.63) is 36.2 Å². The lowest BCUT2D eigenvalue weighted by molar-refractivity contribution is -0.127. The molecule has 2 aromatic heterocycles. The maximum Gasteiger partial charge on any atom is 0.248 e. The topological polar surface area (TPSA) is 119 Å². The van der Waals surface area contributed by atoms with E-state index in [0.717, 1.165) is 43.0 Å². The Hall–Kier alpha value is -3.49. The molecule has 3 heterocycles. The summed E-state index contributed by atoms with van der Waals surface area (Å²) >= 11 is 0. The largest absolute Gasteiger partial charge is 0.368 e. The third-order valence-electron chi connectivity index (χ3n) is 5.49. The number of primary amides is 1. The van der Waals surface area contributed by atoms with Crippen LogP contribution in [0.25, 0.3) is 22.6 Å². The molecule has 0 radical (unpaired) electrons. The van der Waals surface area contributed by atoms with Gasteiger partial charge in [-0.05, 0) is 38.8 Å². The zero-order chi connectivity index (χ0) is 22.0. The second-order valence-electron chi connectivity index (χ2n) is 8.00. The minimum atomic E-state index is -0.461. The monoisotopic (exact) mass is 421 g/mol. The van der Waals surface area contributed by atoms with Crippen molar-refractivity contribution in [3.63, 3.8) is 0 Å². The fourth-order valence-corrected chi connectivity index (χ4v) is 3.93. The molecule has 1 saturated heterocycles. The standard InChI is InChI=1S/C22H27N7O2/c1-14(2)29-21(16-8-6-15(7-9-16)19(23)31)27-18-20(25-13-26-22(18)29)24-10-4-12-28-11-3-5-17(28)30/h6-9,13-14H,3-5,10-12H2,1-2H3,(H2,23,31)(H,24,25,26). The molecule has 1 aliphatic rings. The third-order valence-corrected chi connectivity index (χ3v) is 5.49. The van der Waals surface area contributed by atoms with E-state index in [9.17, 15) is 9.59 Å². The van der Waals surface area contributed by atoms with E-state index in [1.807, 2.05) is 17.0 Å². The summed E-state index contributed by atoms with van der Waals surface area (Å²) in [6, 6.07) is 7.21. The Kier molecular flexibility index (Phi) is 5.83. The van der Waals surface area contributed by atoms with Gasteiger partial charge in [-0.2, -0.15) is 0 Å². The molecule has 0 saturated carbocycles. The Balaban J connectivity index is 1.59. The maximum absolute atomic E-state index is 11.8. The lowest BCUT2D eigenvalue weighted by Crippen LogP contribution is -2.27. The molecule has 1 aliphatic heterocycles. The van der Waals surface area contributed by atoms with E-state index in [4.69, 9.17) is 10.7 Å². The van der Waals surface area contributed by atoms with E-state index in [1.165, 1.54) is 6.33 Å². The Morgan fingerprint density at radius 1 is 1.23 bits per heavy atom. The van der Waals surface area contributed by atoms with Gasteiger partial charge in [-0.1, -0.05) is 12.1 Å². The van der Waals surface area contributed by atoms with Crippen molar-refractivity contribution in [1.82, 2.24) is 24.4 Å². The summed E-state index contributed by atoms with van der Waals surface area (Å²) in [7, 11) is 0. The van der Waals surface area contributed by atoms with Gasteiger partial charge >= 0.3 is 0 Å². The minimum absolute atomic E-state index is 0.125. The average molecular weight is 422 g/mol. The second kappa shape index (κ2) is 8.71. The van der Waals surface area contributed by atoms with Gasteiger partial charge in [0.15, 0.2) is 17.0 Å². The Labute approximate surface area is 180 Å². The predicted molar refractivity (Wildman–Crippen MR) is 119 cm³/mol. The van der Waals surface area contributed by atoms with Crippen molar-refractivity contribution in [1.29, 1.82) is 0 Å². The fourth-order valence-electron chi connectivity index (χ4n) is 3.93. The maximum atomic E-state index is 11.8. The number of carbonyl (C=O) groups excluding carboxylic acids is 2. The summed E-state index contributed by atoms with van der Waals surface area (Å²) in [5.74, 6) is 1.21. The number of amides is 2. The molecule has 2 amide bonds. The molecule has 0 atom stereocenters. The number of aromatic nitrogens is 4. The van der Waals surface area contributed by atoms with Crippen molar-refractivity contribution in [2.45, 2.75) is 39.2 Å². The van der Waals surface area contributed by atoms with Crippen LogP contribution in [0.4, 0.5) is 5.82 Å². The Morgan fingerprint density at radius 2 is 2.00 bits per heavy atom. The highest BCUT2D eigenvalue weighted by molar-refractivity contribution is 5.93. The molecule has 162 valence electrons. The van der Waals surface area contributed by atoms with Crippen LogP contribution in [0.15, 0.2) is 30.6 Å². The normalized spacial score (nSPS) is 14.0. The summed E-state index contributed by atoms with van der Waals surface area (Å²) < 4.78 is 2.06. The Morgan fingerprint density at radius 3 is 2.65 bits per heavy atom. The van der Waals surface area contributed by atoms with Gasteiger partial charge in [-0.3, -0.25) is 9.59 Å². The van der Waals surface area contributed by atoms with Crippen LogP contribution in [-0.2, 0) is 4.79 Å². The molecular weight excluding hydrogens is 394 g/mol. The van der Waals surface area contributed by atoms with Crippen molar-refractivity contribution < 1.29 is 9.59 Å². The van der Waals surface area contributed by atoms with Crippen LogP contribution in [0.2, 0.25) is 0 Å². The molecule has 3 aromatic rings. The molecule has 4 rings (SSSR count). The first-order chi connectivity index (χ1) is 15.0. The summed E-state index contributed by atoms with van der Waals surface area (Å²) in [5, 5.41) is 3.36. The molecule has 0 aliphatic carbocycles. The molecule has 1 fully saturated rings. The van der Waals surface area contributed by atoms with Gasteiger partial charge in [0.05, 0.1) is 0 Å². The van der Waals surface area contributed by atoms with Gasteiger partial charge in [-0.25, -0.2) is 15.0 Å². The molecule has 9 heteroatoms. The summed E-state index contributed by atoms with van der Waals surface area (Å²) in [6.45, 7) is 6.44. The number of nitrogens with zero attached hydrogens (tertiary/aromatic N) is 5. The summed E-state index contributed by atoms with van der Waals surface area (Å²) in [4.78, 5) is 38.8. The Bertz CT molecular complexity index is 1100. The zero-order valence-corrected chi connectivity index (χ0v) is 17.8. The first kappa shape index (κ1) is 20.8. The van der Waals surface area contributed by atoms with Crippen molar-refractivity contribution in [3.8, 4) is 11.4 Å². The first-order valence-electron chi connectivity index (χ1n) is 10.6. The van der Waals surface area contributed by atoms with E-state index < -0.39 is 5.91 Å². The van der Waals surface area contributed by atoms with Gasteiger partial charge in [0.1, 0.15) is 12.2 Å². The molecule has 1 aromatic carbocycles. The number of hydrogen-bond acceptors (Lipinski definition) is 6. The summed E-state index contributed by atoms with van der Waals surface area (Å²) in [5.41, 5.74) is 8.13. The fraction of sp³-hybridized carbons (Fsp3) is 0.409. The number of nitrogens with two attached hydrogens (primary N) is 1. The van der Waals surface area contributed by atoms with Gasteiger partial charge in [0, 0.05) is 43.2 Å². The van der Waals surface area contributed by atoms with Crippen LogP contribution in [0.5, 0.6) is 0 Å². The molecule has 9 nitrogen and oxygen atoms in total. The van der Waals surface area contributed by atoms with E-state index >= 15 is 0 Å². The van der Waals surface area contributed by atoms with E-state index in [2.05, 4.69) is 33.7 Å². The molecular formula is C22H27N7O2. The number of carbonyl (C=O) groups is 2. The van der Waals surface area contributed by atoms with Crippen LogP contribution >= 0.6 is 0 Å². The third kappa shape index (κ3) is 4.21. The van der Waals surface area contributed by atoms with E-state index in [-0.39, 0.29) is 11.9 Å². The quantitative estimate of drug-likeness (QED) is 0.540. The van der Waals surface area contributed by atoms with Crippen LogP contribution in [0, 0.1) is 0 Å². The molecule has 0 spiro atoms. The molecule has 3 N–H and O–H groups in total. The highest BCUT2D eigenvalue weighted by Crippen LogP contribution is 2.30. The number of hydrogen-bond donors (Lipinski definition) is 2. The smallest absolute Gasteiger partial charge is 0.248 e. The lowest BCUT2D eigenvalue weighted by atomic mass is 10.1. The second-order valence-corrected chi connectivity index (χ2v) is 8.00. The number of anilines is 1. The van der Waals surface area contributed by atoms with Gasteiger partial charge in [-0.15, -0.1) is 0 Å². The number of benzene rings is 1. The lowest BCUT2D eigenvalue weighted by Gasteiger charge is -2.15. The minimum Gasteiger partial charge on any atom is -0.368 e. The summed E-state index contributed by atoms with van der Waals surface area (Å²) in [6.07, 6.45) is 3.99. The van der Waals surface area contributed by atoms with E-state index in [0.29, 0.717) is 29.9 Å². The molecule has 31 heavy (non-hydrogen) atoms. The zero-order valence-electron chi connectivity index (χ0n) is 17.8. The van der Waals surface area contributed by atoms with Crippen LogP contribution in [0.1, 0.15) is 49.5 Å². The van der Waals surface area contributed by atoms with Crippen molar-refractivity contribution >= 4 is 28.8 Å². The van der Waals surface area contributed by atoms with E-state index in [1.54, 1.807) is 12.1 Å². The van der Waals surface area contributed by atoms with Crippen LogP contribution in [-0.4, -0.2) is 55.9 Å². The van der Waals surface area contributed by atoms with Crippen molar-refractivity contribution in [2.24, 2.45) is 5.73 Å². The van der Waals surface area contributed by atoms with Gasteiger partial charge in [0.25, 0.3) is 0 Å². The van der Waals surface area contributed by atoms with Crippen LogP contribution < -0.4 is 11.1 Å². The number of nitrogens with one attached hydrogen (secondary N) is 1. The number of rotatable bonds is 8. The van der Waals surface area contributed by atoms with Gasteiger partial charge < -0.3 is 20.5 Å². The highest BCUT2D eigenvalue weighted by atomic mass is 16.2. The van der Waals surface area contributed by atoms with Crippen LogP contribution in [0.3, 0.4) is 0 Å². The number of likely N-dealkylation sites (tertiary alicyclic amines) is 1. The predicted octanol–water partition coefficient (Wildman–Crippen LogP) is 2.60. The van der Waals surface area contributed by atoms with Gasteiger partial charge in [0.2, 0.25) is 11.8 Å². The molecule has 0 bridgehead atoms. The first-order valence-corrected chi connectivity index (χ1v) is 10.6. The number of imidazole rings is 1. The van der Waals surface area contributed by atoms with Crippen molar-refractivity contribution in [2.75, 3.05) is 25.0 Å². The average Bonchev–Trinajstić information content (AvgIpc) is 3.35.